The summed E-state index contributed by atoms with van der Waals surface area (Å²) in [7, 11) is -4.89. The van der Waals surface area contributed by atoms with Gasteiger partial charge >= 0.3 is 22.4 Å². The first kappa shape index (κ1) is 14.3. The smallest absolute Gasteiger partial charge is 0.418 e. The van der Waals surface area contributed by atoms with Gasteiger partial charge in [0, 0.05) is 4.88 Å². The van der Waals surface area contributed by atoms with Gasteiger partial charge in [0.05, 0.1) is 6.54 Å². The van der Waals surface area contributed by atoms with E-state index in [0.29, 0.717) is 15.5 Å². The predicted octanol–water partition coefficient (Wildman–Crippen LogP) is 0.575. The number of carbonyl (C=O) groups excluding carboxylic acids is 1. The van der Waals surface area contributed by atoms with Gasteiger partial charge in [-0.2, -0.15) is 13.5 Å². The van der Waals surface area contributed by atoms with Crippen molar-refractivity contribution >= 4 is 33.7 Å². The van der Waals surface area contributed by atoms with Crippen molar-refractivity contribution < 1.29 is 31.9 Å². The molecule has 2 N–H and O–H groups in total. The quantitative estimate of drug-likeness (QED) is 0.774. The minimum Gasteiger partial charge on any atom is -0.479 e. The highest BCUT2D eigenvalue weighted by Gasteiger charge is 2.59. The van der Waals surface area contributed by atoms with Crippen molar-refractivity contribution in [3.8, 4) is 0 Å². The number of hydrogen-bond donors (Lipinski definition) is 2. The minimum absolute atomic E-state index is 0.0408. The Hall–Kier alpha value is -1.69. The molecule has 2 amide bonds. The van der Waals surface area contributed by atoms with Crippen LogP contribution in [0.3, 0.4) is 0 Å². The molecule has 1 aromatic rings. The Morgan fingerprint density at radius 1 is 1.57 bits per heavy atom. The molecule has 0 aromatic carbocycles. The SMILES string of the molecule is C[C@@]1(C(=O)O)c2sccc2[C@H]2CN1C(=O)N2OS(=O)(=O)O. The third-order valence-electron chi connectivity index (χ3n) is 3.69. The van der Waals surface area contributed by atoms with Crippen molar-refractivity contribution in [2.75, 3.05) is 6.54 Å². The highest BCUT2D eigenvalue weighted by Crippen LogP contribution is 2.49. The maximum Gasteiger partial charge on any atom is 0.418 e. The second kappa shape index (κ2) is 4.16. The molecule has 0 spiro atoms. The Kier molecular flexibility index (Phi) is 2.82. The zero-order chi connectivity index (χ0) is 15.6. The van der Waals surface area contributed by atoms with E-state index < -0.39 is 34.0 Å². The van der Waals surface area contributed by atoms with Gasteiger partial charge in [0.25, 0.3) is 0 Å². The van der Waals surface area contributed by atoms with Gasteiger partial charge in [-0.1, -0.05) is 0 Å². The lowest BCUT2D eigenvalue weighted by Crippen LogP contribution is -2.52. The summed E-state index contributed by atoms with van der Waals surface area (Å²) in [4.78, 5) is 25.3. The standard InChI is InChI=1S/C10H10N2O7S2/c1-10(8(13)14)7-5(2-3-20-7)6-4-11(10)9(15)12(6)19-21(16,17)18/h2-3,6H,4H2,1H3,(H,13,14)(H,16,17,18)/t6-,10+/m1/s1. The Balaban J connectivity index is 2.15. The molecular weight excluding hydrogens is 324 g/mol. The average molecular weight is 334 g/mol. The van der Waals surface area contributed by atoms with E-state index in [1.807, 2.05) is 0 Å². The lowest BCUT2D eigenvalue weighted by molar-refractivity contribution is -0.149. The van der Waals surface area contributed by atoms with Crippen molar-refractivity contribution in [3.63, 3.8) is 0 Å². The van der Waals surface area contributed by atoms with E-state index in [2.05, 4.69) is 4.28 Å². The van der Waals surface area contributed by atoms with Crippen LogP contribution in [0.25, 0.3) is 0 Å². The lowest BCUT2D eigenvalue weighted by atomic mass is 9.89. The Labute approximate surface area is 123 Å². The van der Waals surface area contributed by atoms with Crippen molar-refractivity contribution in [3.05, 3.63) is 21.9 Å². The molecule has 1 fully saturated rings. The first-order valence-electron chi connectivity index (χ1n) is 5.75. The fraction of sp³-hybridized carbons (Fsp3) is 0.400. The summed E-state index contributed by atoms with van der Waals surface area (Å²) in [5, 5.41) is 11.7. The van der Waals surface area contributed by atoms with E-state index in [4.69, 9.17) is 4.55 Å². The number of hydrogen-bond acceptors (Lipinski definition) is 6. The second-order valence-electron chi connectivity index (χ2n) is 4.82. The first-order valence-corrected chi connectivity index (χ1v) is 8.00. The summed E-state index contributed by atoms with van der Waals surface area (Å²) in [5.41, 5.74) is -1.11. The van der Waals surface area contributed by atoms with E-state index in [9.17, 15) is 23.1 Å². The highest BCUT2D eigenvalue weighted by molar-refractivity contribution is 7.80. The fourth-order valence-electron chi connectivity index (χ4n) is 2.67. The predicted molar refractivity (Wildman–Crippen MR) is 68.6 cm³/mol. The van der Waals surface area contributed by atoms with Gasteiger partial charge in [-0.05, 0) is 23.9 Å². The zero-order valence-corrected chi connectivity index (χ0v) is 12.2. The summed E-state index contributed by atoms with van der Waals surface area (Å²) in [5.74, 6) is -1.23. The molecule has 0 radical (unpaired) electrons. The van der Waals surface area contributed by atoms with Crippen LogP contribution in [0.2, 0.25) is 0 Å². The number of thiophene rings is 1. The molecule has 9 nitrogen and oxygen atoms in total. The van der Waals surface area contributed by atoms with E-state index in [0.717, 1.165) is 16.2 Å². The number of carboxylic acids is 1. The molecule has 21 heavy (non-hydrogen) atoms. The van der Waals surface area contributed by atoms with Crippen LogP contribution in [0, 0.1) is 0 Å². The normalized spacial score (nSPS) is 27.9. The van der Waals surface area contributed by atoms with E-state index in [-0.39, 0.29) is 6.54 Å². The summed E-state index contributed by atoms with van der Waals surface area (Å²) in [6.07, 6.45) is 0. The minimum atomic E-state index is -4.89. The third kappa shape index (κ3) is 1.85. The van der Waals surface area contributed by atoms with E-state index >= 15 is 0 Å². The Bertz CT molecular complexity index is 742. The summed E-state index contributed by atoms with van der Waals surface area (Å²) >= 11 is 1.16. The van der Waals surface area contributed by atoms with Crippen LogP contribution in [0.1, 0.15) is 23.4 Å². The molecule has 2 aliphatic rings. The highest BCUT2D eigenvalue weighted by atomic mass is 32.3. The number of amides is 2. The number of carbonyl (C=O) groups is 2. The molecule has 0 aliphatic carbocycles. The maximum absolute atomic E-state index is 12.2. The van der Waals surface area contributed by atoms with Crippen LogP contribution >= 0.6 is 11.3 Å². The molecule has 3 rings (SSSR count). The number of nitrogens with zero attached hydrogens (tertiary/aromatic N) is 2. The van der Waals surface area contributed by atoms with Crippen LogP contribution in [-0.4, -0.2) is 46.6 Å². The molecule has 0 unspecified atom stereocenters. The number of fused-ring (bicyclic) bond motifs is 4. The molecule has 3 heterocycles. The van der Waals surface area contributed by atoms with Crippen LogP contribution in [0.4, 0.5) is 4.79 Å². The zero-order valence-electron chi connectivity index (χ0n) is 10.6. The molecular formula is C10H10N2O7S2. The first-order chi connectivity index (χ1) is 9.66. The van der Waals surface area contributed by atoms with Crippen LogP contribution < -0.4 is 0 Å². The van der Waals surface area contributed by atoms with E-state index in [1.165, 1.54) is 6.92 Å². The van der Waals surface area contributed by atoms with Gasteiger partial charge in [0.15, 0.2) is 5.54 Å². The van der Waals surface area contributed by atoms with Gasteiger partial charge < -0.3 is 5.11 Å². The second-order valence-corrected chi connectivity index (χ2v) is 6.74. The summed E-state index contributed by atoms with van der Waals surface area (Å²) in [6.45, 7) is 1.33. The summed E-state index contributed by atoms with van der Waals surface area (Å²) in [6, 6.07) is -0.0960. The van der Waals surface area contributed by atoms with Crippen molar-refractivity contribution in [2.45, 2.75) is 18.5 Å². The molecule has 1 saturated heterocycles. The summed E-state index contributed by atoms with van der Waals surface area (Å²) < 4.78 is 34.8. The number of aliphatic carboxylic acids is 1. The molecule has 2 atom stereocenters. The maximum atomic E-state index is 12.2. The molecule has 2 aliphatic heterocycles. The van der Waals surface area contributed by atoms with Crippen LogP contribution in [0.15, 0.2) is 11.4 Å². The monoisotopic (exact) mass is 334 g/mol. The van der Waals surface area contributed by atoms with Crippen LogP contribution in [-0.2, 0) is 25.0 Å². The fourth-order valence-corrected chi connectivity index (χ4v) is 4.16. The third-order valence-corrected chi connectivity index (χ3v) is 5.18. The van der Waals surface area contributed by atoms with Crippen LogP contribution in [0.5, 0.6) is 0 Å². The van der Waals surface area contributed by atoms with E-state index in [1.54, 1.807) is 11.4 Å². The number of carboxylic acid groups (broad SMARTS) is 1. The average Bonchev–Trinajstić information content (AvgIpc) is 2.93. The molecule has 2 bridgehead atoms. The molecule has 114 valence electrons. The van der Waals surface area contributed by atoms with Gasteiger partial charge in [-0.15, -0.1) is 15.6 Å². The van der Waals surface area contributed by atoms with Gasteiger partial charge in [0.2, 0.25) is 0 Å². The van der Waals surface area contributed by atoms with Crippen molar-refractivity contribution in [1.29, 1.82) is 0 Å². The van der Waals surface area contributed by atoms with Crippen molar-refractivity contribution in [2.24, 2.45) is 0 Å². The Morgan fingerprint density at radius 3 is 2.81 bits per heavy atom. The molecule has 11 heteroatoms. The Morgan fingerprint density at radius 2 is 2.24 bits per heavy atom. The largest absolute Gasteiger partial charge is 0.479 e. The van der Waals surface area contributed by atoms with Gasteiger partial charge in [-0.3, -0.25) is 9.45 Å². The number of hydroxylamine groups is 2. The topological polar surface area (TPSA) is 124 Å². The lowest BCUT2D eigenvalue weighted by Gasteiger charge is -2.36. The van der Waals surface area contributed by atoms with Gasteiger partial charge in [0.1, 0.15) is 6.04 Å². The number of urea groups is 1. The molecule has 0 saturated carbocycles. The van der Waals surface area contributed by atoms with Crippen molar-refractivity contribution in [1.82, 2.24) is 9.96 Å². The van der Waals surface area contributed by atoms with Gasteiger partial charge in [-0.25, -0.2) is 9.59 Å². The number of rotatable bonds is 3. The molecule has 1 aromatic heterocycles.